The Hall–Kier alpha value is -1.56. The second kappa shape index (κ2) is 9.06. The summed E-state index contributed by atoms with van der Waals surface area (Å²) in [5, 5.41) is 10.8. The van der Waals surface area contributed by atoms with E-state index in [1.54, 1.807) is 0 Å². The molecule has 2 N–H and O–H groups in total. The minimum absolute atomic E-state index is 0.314. The van der Waals surface area contributed by atoms with E-state index in [9.17, 15) is 4.79 Å². The molecule has 0 bridgehead atoms. The maximum Gasteiger partial charge on any atom is 0.407 e. The van der Waals surface area contributed by atoms with Crippen LogP contribution in [0, 0.1) is 5.92 Å². The van der Waals surface area contributed by atoms with Gasteiger partial charge in [-0.3, -0.25) is 4.68 Å². The van der Waals surface area contributed by atoms with E-state index in [0.717, 1.165) is 25.9 Å². The highest BCUT2D eigenvalue weighted by Gasteiger charge is 2.25. The number of carbonyl (C=O) groups excluding carboxylic acids is 1. The summed E-state index contributed by atoms with van der Waals surface area (Å²) in [4.78, 5) is 11.8. The quantitative estimate of drug-likeness (QED) is 0.751. The Morgan fingerprint density at radius 2 is 2.12 bits per heavy atom. The van der Waals surface area contributed by atoms with Gasteiger partial charge in [0.2, 0.25) is 0 Å². The number of aromatic nitrogens is 2. The summed E-state index contributed by atoms with van der Waals surface area (Å²) in [5.74, 6) is 0.482. The van der Waals surface area contributed by atoms with Gasteiger partial charge in [-0.25, -0.2) is 4.79 Å². The van der Waals surface area contributed by atoms with Crippen molar-refractivity contribution in [2.75, 3.05) is 13.1 Å². The second-order valence-electron chi connectivity index (χ2n) is 7.61. The fraction of sp³-hybridized carbons (Fsp3) is 0.778. The molecule has 6 heteroatoms. The van der Waals surface area contributed by atoms with E-state index >= 15 is 0 Å². The van der Waals surface area contributed by atoms with Gasteiger partial charge in [-0.2, -0.15) is 5.10 Å². The molecule has 1 aliphatic carbocycles. The van der Waals surface area contributed by atoms with Crippen molar-refractivity contribution in [3.8, 4) is 0 Å². The van der Waals surface area contributed by atoms with Gasteiger partial charge in [0, 0.05) is 31.5 Å². The van der Waals surface area contributed by atoms with Crippen molar-refractivity contribution in [1.29, 1.82) is 0 Å². The molecule has 1 aromatic heterocycles. The minimum Gasteiger partial charge on any atom is -0.444 e. The summed E-state index contributed by atoms with van der Waals surface area (Å²) in [5.41, 5.74) is -0.444. The molecule has 2 rings (SSSR count). The molecular formula is C18H32N4O2. The molecule has 1 fully saturated rings. The zero-order valence-electron chi connectivity index (χ0n) is 15.3. The first-order valence-electron chi connectivity index (χ1n) is 9.12. The molecule has 2 atom stereocenters. The molecular weight excluding hydrogens is 304 g/mol. The molecule has 0 spiro atoms. The predicted octanol–water partition coefficient (Wildman–Crippen LogP) is 2.95. The monoisotopic (exact) mass is 336 g/mol. The Bertz CT molecular complexity index is 482. The van der Waals surface area contributed by atoms with Crippen molar-refractivity contribution in [1.82, 2.24) is 20.4 Å². The molecule has 1 aromatic rings. The largest absolute Gasteiger partial charge is 0.444 e. The normalized spacial score (nSPS) is 21.5. The number of aryl methyl sites for hydroxylation is 1. The van der Waals surface area contributed by atoms with Gasteiger partial charge >= 0.3 is 6.09 Å². The number of ether oxygens (including phenoxy) is 1. The van der Waals surface area contributed by atoms with E-state index < -0.39 is 5.60 Å². The minimum atomic E-state index is -0.444. The van der Waals surface area contributed by atoms with E-state index in [2.05, 4.69) is 15.7 Å². The Labute approximate surface area is 145 Å². The second-order valence-corrected chi connectivity index (χ2v) is 7.61. The summed E-state index contributed by atoms with van der Waals surface area (Å²) in [6, 6.07) is 2.43. The van der Waals surface area contributed by atoms with Gasteiger partial charge in [0.05, 0.1) is 0 Å². The van der Waals surface area contributed by atoms with Crippen LogP contribution in [0.4, 0.5) is 4.79 Å². The highest BCUT2D eigenvalue weighted by molar-refractivity contribution is 5.67. The third-order valence-electron chi connectivity index (χ3n) is 4.35. The van der Waals surface area contributed by atoms with Crippen LogP contribution >= 0.6 is 0 Å². The van der Waals surface area contributed by atoms with Crippen molar-refractivity contribution in [3.63, 3.8) is 0 Å². The van der Waals surface area contributed by atoms with E-state index in [-0.39, 0.29) is 6.09 Å². The summed E-state index contributed by atoms with van der Waals surface area (Å²) in [6.45, 7) is 8.26. The van der Waals surface area contributed by atoms with Crippen LogP contribution in [0.2, 0.25) is 0 Å². The van der Waals surface area contributed by atoms with Crippen molar-refractivity contribution in [2.45, 2.75) is 71.1 Å². The van der Waals surface area contributed by atoms with Crippen LogP contribution in [0.3, 0.4) is 0 Å². The van der Waals surface area contributed by atoms with Gasteiger partial charge in [0.1, 0.15) is 5.60 Å². The SMILES string of the molecule is CC(C)(C)OC(=O)NCC1CCCCC1NCCCn1cccn1. The van der Waals surface area contributed by atoms with Crippen molar-refractivity contribution in [3.05, 3.63) is 18.5 Å². The Morgan fingerprint density at radius 3 is 2.83 bits per heavy atom. The first kappa shape index (κ1) is 18.8. The fourth-order valence-corrected chi connectivity index (χ4v) is 3.21. The number of hydrogen-bond acceptors (Lipinski definition) is 4. The fourth-order valence-electron chi connectivity index (χ4n) is 3.21. The number of nitrogens with zero attached hydrogens (tertiary/aromatic N) is 2. The van der Waals surface area contributed by atoms with Crippen molar-refractivity contribution < 1.29 is 9.53 Å². The lowest BCUT2D eigenvalue weighted by Crippen LogP contribution is -2.45. The Balaban J connectivity index is 1.68. The molecule has 136 valence electrons. The molecule has 0 aliphatic heterocycles. The van der Waals surface area contributed by atoms with Crippen LogP contribution < -0.4 is 10.6 Å². The van der Waals surface area contributed by atoms with Crippen molar-refractivity contribution in [2.24, 2.45) is 5.92 Å². The van der Waals surface area contributed by atoms with Gasteiger partial charge in [-0.15, -0.1) is 0 Å². The number of alkyl carbamates (subject to hydrolysis) is 1. The molecule has 2 unspecified atom stereocenters. The van der Waals surface area contributed by atoms with E-state index in [1.165, 1.54) is 19.3 Å². The van der Waals surface area contributed by atoms with Gasteiger partial charge in [0.15, 0.2) is 0 Å². The van der Waals surface area contributed by atoms with Crippen LogP contribution in [0.25, 0.3) is 0 Å². The van der Waals surface area contributed by atoms with Crippen LogP contribution in [0.15, 0.2) is 18.5 Å². The lowest BCUT2D eigenvalue weighted by atomic mass is 9.84. The molecule has 0 saturated heterocycles. The molecule has 1 heterocycles. The number of rotatable bonds is 7. The maximum atomic E-state index is 11.8. The average molecular weight is 336 g/mol. The smallest absolute Gasteiger partial charge is 0.407 e. The van der Waals surface area contributed by atoms with Crippen LogP contribution in [0.1, 0.15) is 52.9 Å². The lowest BCUT2D eigenvalue weighted by molar-refractivity contribution is 0.0510. The average Bonchev–Trinajstić information content (AvgIpc) is 3.02. The van der Waals surface area contributed by atoms with Crippen LogP contribution in [0.5, 0.6) is 0 Å². The molecule has 6 nitrogen and oxygen atoms in total. The number of hydrogen-bond donors (Lipinski definition) is 2. The summed E-state index contributed by atoms with van der Waals surface area (Å²) in [7, 11) is 0. The van der Waals surface area contributed by atoms with E-state index in [4.69, 9.17) is 4.74 Å². The Morgan fingerprint density at radius 1 is 1.33 bits per heavy atom. The van der Waals surface area contributed by atoms with Gasteiger partial charge in [-0.1, -0.05) is 12.8 Å². The van der Waals surface area contributed by atoms with Crippen molar-refractivity contribution >= 4 is 6.09 Å². The van der Waals surface area contributed by atoms with E-state index in [0.29, 0.717) is 18.5 Å². The first-order valence-corrected chi connectivity index (χ1v) is 9.12. The topological polar surface area (TPSA) is 68.2 Å². The predicted molar refractivity (Wildman–Crippen MR) is 94.8 cm³/mol. The highest BCUT2D eigenvalue weighted by atomic mass is 16.6. The molecule has 0 radical (unpaired) electrons. The summed E-state index contributed by atoms with van der Waals surface area (Å²) in [6.07, 6.45) is 9.40. The van der Waals surface area contributed by atoms with Crippen LogP contribution in [-0.2, 0) is 11.3 Å². The number of nitrogens with one attached hydrogen (secondary N) is 2. The van der Waals surface area contributed by atoms with Gasteiger partial charge < -0.3 is 15.4 Å². The summed E-state index contributed by atoms with van der Waals surface area (Å²) >= 11 is 0. The zero-order valence-corrected chi connectivity index (χ0v) is 15.3. The van der Waals surface area contributed by atoms with Gasteiger partial charge in [-0.05, 0) is 58.6 Å². The molecule has 24 heavy (non-hydrogen) atoms. The standard InChI is InChI=1S/C18H32N4O2/c1-18(2,3)24-17(23)20-14-15-8-4-5-9-16(15)19-10-6-12-22-13-7-11-21-22/h7,11,13,15-16,19H,4-6,8-10,12,14H2,1-3H3,(H,20,23). The maximum absolute atomic E-state index is 11.8. The molecule has 1 amide bonds. The highest BCUT2D eigenvalue weighted by Crippen LogP contribution is 2.24. The molecule has 1 aliphatic rings. The summed E-state index contributed by atoms with van der Waals surface area (Å²) < 4.78 is 7.29. The third kappa shape index (κ3) is 6.91. The van der Waals surface area contributed by atoms with Gasteiger partial charge in [0.25, 0.3) is 0 Å². The van der Waals surface area contributed by atoms with Crippen LogP contribution in [-0.4, -0.2) is 40.6 Å². The Kier molecular flexibility index (Phi) is 7.09. The lowest BCUT2D eigenvalue weighted by Gasteiger charge is -2.32. The van der Waals surface area contributed by atoms with E-state index in [1.807, 2.05) is 43.9 Å². The third-order valence-corrected chi connectivity index (χ3v) is 4.35. The number of carbonyl (C=O) groups is 1. The zero-order chi connectivity index (χ0) is 17.4. The molecule has 1 saturated carbocycles. The number of amides is 1. The first-order chi connectivity index (χ1) is 11.4. The molecule has 0 aromatic carbocycles.